The highest BCUT2D eigenvalue weighted by Gasteiger charge is 2.13. The van der Waals surface area contributed by atoms with Crippen LogP contribution in [0.2, 0.25) is 0 Å². The van der Waals surface area contributed by atoms with Gasteiger partial charge in [-0.2, -0.15) is 0 Å². The van der Waals surface area contributed by atoms with Crippen molar-refractivity contribution in [1.82, 2.24) is 5.32 Å². The van der Waals surface area contributed by atoms with Crippen molar-refractivity contribution in [3.8, 4) is 0 Å². The van der Waals surface area contributed by atoms with E-state index in [9.17, 15) is 0 Å². The van der Waals surface area contributed by atoms with Gasteiger partial charge in [0.1, 0.15) is 0 Å². The molecule has 0 aromatic heterocycles. The first-order valence-electron chi connectivity index (χ1n) is 6.74. The maximum Gasteiger partial charge on any atom is 0.0366 e. The number of rotatable bonds is 5. The van der Waals surface area contributed by atoms with Gasteiger partial charge in [-0.1, -0.05) is 12.1 Å². The molecule has 17 heavy (non-hydrogen) atoms. The van der Waals surface area contributed by atoms with Crippen molar-refractivity contribution in [2.45, 2.75) is 26.2 Å². The molecule has 2 rings (SSSR count). The Labute approximate surface area is 105 Å². The summed E-state index contributed by atoms with van der Waals surface area (Å²) in [5, 5.41) is 3.44. The molecule has 0 saturated carbocycles. The zero-order valence-electron chi connectivity index (χ0n) is 11.1. The fourth-order valence-electron chi connectivity index (χ4n) is 2.57. The lowest BCUT2D eigenvalue weighted by molar-refractivity contribution is 0.511. The van der Waals surface area contributed by atoms with E-state index >= 15 is 0 Å². The normalized spacial score (nSPS) is 19.5. The van der Waals surface area contributed by atoms with E-state index in [1.807, 2.05) is 0 Å². The molecule has 2 heteroatoms. The zero-order chi connectivity index (χ0) is 12.1. The Morgan fingerprint density at radius 3 is 3.00 bits per heavy atom. The molecule has 1 N–H and O–H groups in total. The molecule has 0 bridgehead atoms. The van der Waals surface area contributed by atoms with Crippen molar-refractivity contribution in [3.63, 3.8) is 0 Å². The van der Waals surface area contributed by atoms with E-state index in [-0.39, 0.29) is 0 Å². The van der Waals surface area contributed by atoms with Gasteiger partial charge >= 0.3 is 0 Å². The van der Waals surface area contributed by atoms with Gasteiger partial charge in [0, 0.05) is 19.3 Å². The van der Waals surface area contributed by atoms with Gasteiger partial charge in [0.05, 0.1) is 0 Å². The van der Waals surface area contributed by atoms with Gasteiger partial charge < -0.3 is 10.2 Å². The Morgan fingerprint density at radius 2 is 2.29 bits per heavy atom. The minimum absolute atomic E-state index is 0.918. The highest BCUT2D eigenvalue weighted by atomic mass is 15.1. The first kappa shape index (κ1) is 12.4. The molecule has 1 aliphatic heterocycles. The summed E-state index contributed by atoms with van der Waals surface area (Å²) in [6, 6.07) is 8.75. The van der Waals surface area contributed by atoms with Crippen molar-refractivity contribution >= 4 is 5.69 Å². The molecule has 0 radical (unpaired) electrons. The summed E-state index contributed by atoms with van der Waals surface area (Å²) >= 11 is 0. The van der Waals surface area contributed by atoms with Crippen LogP contribution in [0.4, 0.5) is 5.69 Å². The number of hydrogen-bond donors (Lipinski definition) is 1. The molecular weight excluding hydrogens is 208 g/mol. The van der Waals surface area contributed by atoms with Crippen LogP contribution in [-0.4, -0.2) is 26.7 Å². The summed E-state index contributed by atoms with van der Waals surface area (Å²) in [6.45, 7) is 5.77. The van der Waals surface area contributed by atoms with E-state index in [1.165, 1.54) is 50.1 Å². The summed E-state index contributed by atoms with van der Waals surface area (Å²) in [4.78, 5) is 2.37. The minimum atomic E-state index is 0.918. The number of aryl methyl sites for hydroxylation is 1. The number of benzene rings is 1. The van der Waals surface area contributed by atoms with Gasteiger partial charge in [0.15, 0.2) is 0 Å². The second-order valence-electron chi connectivity index (χ2n) is 5.26. The summed E-state index contributed by atoms with van der Waals surface area (Å²) in [5.74, 6) is 0.918. The van der Waals surface area contributed by atoms with Gasteiger partial charge in [-0.25, -0.2) is 0 Å². The molecule has 1 unspecified atom stereocenters. The Morgan fingerprint density at radius 1 is 1.41 bits per heavy atom. The van der Waals surface area contributed by atoms with Gasteiger partial charge in [0.2, 0.25) is 0 Å². The Balaban J connectivity index is 1.74. The van der Waals surface area contributed by atoms with Crippen molar-refractivity contribution < 1.29 is 0 Å². The number of anilines is 1. The molecule has 0 spiro atoms. The molecule has 1 aromatic carbocycles. The first-order valence-corrected chi connectivity index (χ1v) is 6.74. The van der Waals surface area contributed by atoms with Crippen LogP contribution >= 0.6 is 0 Å². The summed E-state index contributed by atoms with van der Waals surface area (Å²) in [7, 11) is 2.20. The van der Waals surface area contributed by atoms with Crippen LogP contribution in [0.3, 0.4) is 0 Å². The topological polar surface area (TPSA) is 15.3 Å². The number of hydrogen-bond acceptors (Lipinski definition) is 2. The lowest BCUT2D eigenvalue weighted by Gasteiger charge is -2.20. The largest absolute Gasteiger partial charge is 0.375 e. The fraction of sp³-hybridized carbons (Fsp3) is 0.600. The average Bonchev–Trinajstić information content (AvgIpc) is 2.82. The van der Waals surface area contributed by atoms with Crippen molar-refractivity contribution in [2.75, 3.05) is 31.6 Å². The lowest BCUT2D eigenvalue weighted by Crippen LogP contribution is -2.19. The average molecular weight is 232 g/mol. The summed E-state index contributed by atoms with van der Waals surface area (Å²) in [6.07, 6.45) is 4.04. The van der Waals surface area contributed by atoms with Gasteiger partial charge in [-0.05, 0) is 62.9 Å². The molecule has 1 heterocycles. The maximum absolute atomic E-state index is 3.44. The molecule has 1 aliphatic rings. The standard InChI is InChI=1S/C15H24N2/c1-13-5-3-7-15(11-13)17(2)10-4-6-14-8-9-16-12-14/h3,5,7,11,14,16H,4,6,8-10,12H2,1-2H3. The van der Waals surface area contributed by atoms with Gasteiger partial charge in [-0.15, -0.1) is 0 Å². The summed E-state index contributed by atoms with van der Waals surface area (Å²) in [5.41, 5.74) is 2.68. The van der Waals surface area contributed by atoms with E-state index in [1.54, 1.807) is 0 Å². The molecular formula is C15H24N2. The zero-order valence-corrected chi connectivity index (χ0v) is 11.1. The molecule has 2 nitrogen and oxygen atoms in total. The van der Waals surface area contributed by atoms with Gasteiger partial charge in [-0.3, -0.25) is 0 Å². The molecule has 1 atom stereocenters. The highest BCUT2D eigenvalue weighted by Crippen LogP contribution is 2.17. The van der Waals surface area contributed by atoms with Gasteiger partial charge in [0.25, 0.3) is 0 Å². The fourth-order valence-corrected chi connectivity index (χ4v) is 2.57. The SMILES string of the molecule is Cc1cccc(N(C)CCCC2CCNC2)c1. The van der Waals surface area contributed by atoms with E-state index in [0.717, 1.165) is 5.92 Å². The molecule has 0 aliphatic carbocycles. The van der Waals surface area contributed by atoms with Crippen molar-refractivity contribution in [1.29, 1.82) is 0 Å². The number of nitrogens with one attached hydrogen (secondary N) is 1. The molecule has 94 valence electrons. The van der Waals surface area contributed by atoms with Crippen LogP contribution in [0, 0.1) is 12.8 Å². The van der Waals surface area contributed by atoms with Crippen LogP contribution in [-0.2, 0) is 0 Å². The highest BCUT2D eigenvalue weighted by molar-refractivity contribution is 5.47. The predicted molar refractivity (Wildman–Crippen MR) is 74.7 cm³/mol. The van der Waals surface area contributed by atoms with Crippen molar-refractivity contribution in [3.05, 3.63) is 29.8 Å². The molecule has 0 amide bonds. The molecule has 1 aromatic rings. The van der Waals surface area contributed by atoms with Crippen LogP contribution in [0.25, 0.3) is 0 Å². The van der Waals surface area contributed by atoms with Crippen molar-refractivity contribution in [2.24, 2.45) is 5.92 Å². The van der Waals surface area contributed by atoms with Crippen LogP contribution in [0.5, 0.6) is 0 Å². The van der Waals surface area contributed by atoms with E-state index in [2.05, 4.69) is 48.5 Å². The lowest BCUT2D eigenvalue weighted by atomic mass is 10.0. The van der Waals surface area contributed by atoms with E-state index in [4.69, 9.17) is 0 Å². The minimum Gasteiger partial charge on any atom is -0.375 e. The third-order valence-corrected chi connectivity index (χ3v) is 3.71. The first-order chi connectivity index (χ1) is 8.25. The van der Waals surface area contributed by atoms with E-state index in [0.29, 0.717) is 0 Å². The van der Waals surface area contributed by atoms with Crippen LogP contribution in [0.15, 0.2) is 24.3 Å². The second-order valence-corrected chi connectivity index (χ2v) is 5.26. The van der Waals surface area contributed by atoms with Crippen LogP contribution in [0.1, 0.15) is 24.8 Å². The van der Waals surface area contributed by atoms with E-state index < -0.39 is 0 Å². The van der Waals surface area contributed by atoms with Crippen LogP contribution < -0.4 is 10.2 Å². The number of nitrogens with zero attached hydrogens (tertiary/aromatic N) is 1. The Kier molecular flexibility index (Phi) is 4.43. The second kappa shape index (κ2) is 6.06. The Hall–Kier alpha value is -1.02. The monoisotopic (exact) mass is 232 g/mol. The summed E-state index contributed by atoms with van der Waals surface area (Å²) < 4.78 is 0. The predicted octanol–water partition coefficient (Wildman–Crippen LogP) is 2.82. The maximum atomic E-state index is 3.44. The molecule has 1 fully saturated rings. The quantitative estimate of drug-likeness (QED) is 0.840. The molecule has 1 saturated heterocycles. The Bertz CT molecular complexity index is 343. The third kappa shape index (κ3) is 3.74. The smallest absolute Gasteiger partial charge is 0.0366 e. The third-order valence-electron chi connectivity index (χ3n) is 3.71.